The molecule has 2 heterocycles. The van der Waals surface area contributed by atoms with Crippen LogP contribution in [0.4, 0.5) is 0 Å². The number of hydrogen-bond donors (Lipinski definition) is 1. The van der Waals surface area contributed by atoms with Crippen LogP contribution in [0.3, 0.4) is 0 Å². The fraction of sp³-hybridized carbons (Fsp3) is 0.263. The second kappa shape index (κ2) is 8.79. The van der Waals surface area contributed by atoms with Crippen LogP contribution in [0, 0.1) is 0 Å². The molecule has 1 amide bonds. The third-order valence-corrected chi connectivity index (χ3v) is 3.70. The number of carbonyl (C=O) groups excluding carboxylic acids is 1. The van der Waals surface area contributed by atoms with Gasteiger partial charge in [0.2, 0.25) is 0 Å². The van der Waals surface area contributed by atoms with E-state index in [9.17, 15) is 4.79 Å². The van der Waals surface area contributed by atoms with E-state index in [0.717, 1.165) is 5.69 Å². The van der Waals surface area contributed by atoms with E-state index < -0.39 is 0 Å². The monoisotopic (exact) mass is 367 g/mol. The zero-order valence-electron chi connectivity index (χ0n) is 15.3. The highest BCUT2D eigenvalue weighted by molar-refractivity contribution is 5.94. The van der Waals surface area contributed by atoms with Crippen molar-refractivity contribution in [3.63, 3.8) is 0 Å². The minimum atomic E-state index is -0.225. The summed E-state index contributed by atoms with van der Waals surface area (Å²) in [5.74, 6) is 0.948. The maximum atomic E-state index is 12.4. The lowest BCUT2D eigenvalue weighted by atomic mass is 10.2. The van der Waals surface area contributed by atoms with Gasteiger partial charge in [-0.05, 0) is 44.2 Å². The Kier molecular flexibility index (Phi) is 5.98. The van der Waals surface area contributed by atoms with E-state index in [1.807, 2.05) is 26.0 Å². The topological polar surface area (TPSA) is 91.2 Å². The van der Waals surface area contributed by atoms with Gasteiger partial charge in [-0.1, -0.05) is 5.21 Å². The fourth-order valence-electron chi connectivity index (χ4n) is 2.47. The summed E-state index contributed by atoms with van der Waals surface area (Å²) in [4.78, 5) is 16.4. The van der Waals surface area contributed by atoms with Gasteiger partial charge in [0.05, 0.1) is 31.6 Å². The first kappa shape index (κ1) is 18.4. The molecule has 0 aliphatic rings. The van der Waals surface area contributed by atoms with Crippen LogP contribution in [0.15, 0.2) is 48.9 Å². The summed E-state index contributed by atoms with van der Waals surface area (Å²) in [6, 6.07) is 8.77. The van der Waals surface area contributed by atoms with E-state index in [2.05, 4.69) is 20.6 Å². The summed E-state index contributed by atoms with van der Waals surface area (Å²) in [7, 11) is 0. The number of aromatic nitrogens is 4. The van der Waals surface area contributed by atoms with Gasteiger partial charge in [0.1, 0.15) is 5.69 Å². The van der Waals surface area contributed by atoms with Crippen molar-refractivity contribution in [2.75, 3.05) is 13.2 Å². The van der Waals surface area contributed by atoms with Crippen LogP contribution < -0.4 is 14.8 Å². The van der Waals surface area contributed by atoms with Crippen LogP contribution in [-0.2, 0) is 6.54 Å². The highest BCUT2D eigenvalue weighted by atomic mass is 16.5. The molecule has 0 fully saturated rings. The Hall–Kier alpha value is -3.42. The number of nitrogens with one attached hydrogen (secondary N) is 1. The number of pyridine rings is 1. The summed E-state index contributed by atoms with van der Waals surface area (Å²) >= 11 is 0. The van der Waals surface area contributed by atoms with Crippen molar-refractivity contribution >= 4 is 5.91 Å². The Balaban J connectivity index is 1.66. The molecule has 0 atom stereocenters. The molecule has 3 rings (SSSR count). The summed E-state index contributed by atoms with van der Waals surface area (Å²) in [5.41, 5.74) is 1.99. The van der Waals surface area contributed by atoms with E-state index in [1.54, 1.807) is 41.5 Å². The van der Waals surface area contributed by atoms with Gasteiger partial charge in [-0.15, -0.1) is 5.10 Å². The largest absolute Gasteiger partial charge is 0.490 e. The molecule has 1 N–H and O–H groups in total. The van der Waals surface area contributed by atoms with Gasteiger partial charge in [0.25, 0.3) is 5.91 Å². The highest BCUT2D eigenvalue weighted by Gasteiger charge is 2.12. The van der Waals surface area contributed by atoms with Gasteiger partial charge in [-0.3, -0.25) is 9.78 Å². The molecule has 0 aliphatic heterocycles. The van der Waals surface area contributed by atoms with Crippen molar-refractivity contribution in [3.8, 4) is 17.2 Å². The molecule has 8 nitrogen and oxygen atoms in total. The first-order valence-corrected chi connectivity index (χ1v) is 8.70. The van der Waals surface area contributed by atoms with Crippen LogP contribution in [0.1, 0.15) is 29.9 Å². The maximum Gasteiger partial charge on any atom is 0.251 e. The summed E-state index contributed by atoms with van der Waals surface area (Å²) < 4.78 is 12.7. The number of ether oxygens (including phenoxy) is 2. The van der Waals surface area contributed by atoms with Crippen LogP contribution in [-0.4, -0.2) is 39.1 Å². The molecule has 27 heavy (non-hydrogen) atoms. The predicted molar refractivity (Wildman–Crippen MR) is 99.1 cm³/mol. The molecule has 0 saturated carbocycles. The van der Waals surface area contributed by atoms with E-state index in [4.69, 9.17) is 9.47 Å². The number of hydrogen-bond acceptors (Lipinski definition) is 6. The predicted octanol–water partition coefficient (Wildman–Crippen LogP) is 2.39. The van der Waals surface area contributed by atoms with Crippen LogP contribution in [0.25, 0.3) is 5.69 Å². The Labute approximate surface area is 157 Å². The SMILES string of the molecule is CCOc1ccc(C(=O)NCc2cn(-c3ccncc3)nn2)cc1OCC. The van der Waals surface area contributed by atoms with Crippen molar-refractivity contribution < 1.29 is 14.3 Å². The number of amides is 1. The second-order valence-corrected chi connectivity index (χ2v) is 5.57. The average molecular weight is 367 g/mol. The molecule has 0 unspecified atom stereocenters. The Bertz CT molecular complexity index is 895. The number of carbonyl (C=O) groups is 1. The van der Waals surface area contributed by atoms with E-state index in [-0.39, 0.29) is 12.5 Å². The van der Waals surface area contributed by atoms with Gasteiger partial charge in [0.15, 0.2) is 11.5 Å². The Morgan fingerprint density at radius 3 is 2.56 bits per heavy atom. The standard InChI is InChI=1S/C19H21N5O3/c1-3-26-17-6-5-14(11-18(17)27-4-2)19(25)21-12-15-13-24(23-22-15)16-7-9-20-10-8-16/h5-11,13H,3-4,12H2,1-2H3,(H,21,25). The molecule has 0 bridgehead atoms. The molecule has 2 aromatic heterocycles. The molecular formula is C19H21N5O3. The van der Waals surface area contributed by atoms with Gasteiger partial charge in [-0.2, -0.15) is 0 Å². The van der Waals surface area contributed by atoms with Crippen molar-refractivity contribution in [3.05, 3.63) is 60.2 Å². The first-order valence-electron chi connectivity index (χ1n) is 8.70. The van der Waals surface area contributed by atoms with Gasteiger partial charge < -0.3 is 14.8 Å². The molecule has 0 saturated heterocycles. The van der Waals surface area contributed by atoms with Gasteiger partial charge in [0, 0.05) is 18.0 Å². The fourth-order valence-corrected chi connectivity index (χ4v) is 2.47. The first-order chi connectivity index (χ1) is 13.2. The lowest BCUT2D eigenvalue weighted by molar-refractivity contribution is 0.0950. The lowest BCUT2D eigenvalue weighted by Gasteiger charge is -2.12. The van der Waals surface area contributed by atoms with Gasteiger partial charge >= 0.3 is 0 Å². The minimum absolute atomic E-state index is 0.225. The van der Waals surface area contributed by atoms with Crippen LogP contribution in [0.5, 0.6) is 11.5 Å². The molecule has 1 aromatic carbocycles. The van der Waals surface area contributed by atoms with Crippen molar-refractivity contribution in [2.24, 2.45) is 0 Å². The molecule has 8 heteroatoms. The zero-order valence-corrected chi connectivity index (χ0v) is 15.3. The highest BCUT2D eigenvalue weighted by Crippen LogP contribution is 2.28. The quantitative estimate of drug-likeness (QED) is 0.657. The molecule has 0 spiro atoms. The molecule has 0 radical (unpaired) electrons. The Morgan fingerprint density at radius 1 is 1.07 bits per heavy atom. The van der Waals surface area contributed by atoms with E-state index in [0.29, 0.717) is 36.0 Å². The molecule has 0 aliphatic carbocycles. The Morgan fingerprint density at radius 2 is 1.81 bits per heavy atom. The second-order valence-electron chi connectivity index (χ2n) is 5.57. The third-order valence-electron chi connectivity index (χ3n) is 3.70. The zero-order chi connectivity index (χ0) is 19.1. The normalized spacial score (nSPS) is 10.4. The van der Waals surface area contributed by atoms with Crippen molar-refractivity contribution in [2.45, 2.75) is 20.4 Å². The van der Waals surface area contributed by atoms with E-state index >= 15 is 0 Å². The number of nitrogens with zero attached hydrogens (tertiary/aromatic N) is 4. The summed E-state index contributed by atoms with van der Waals surface area (Å²) in [5, 5.41) is 11.0. The summed E-state index contributed by atoms with van der Waals surface area (Å²) in [6.45, 7) is 5.06. The minimum Gasteiger partial charge on any atom is -0.490 e. The smallest absolute Gasteiger partial charge is 0.251 e. The van der Waals surface area contributed by atoms with Crippen LogP contribution >= 0.6 is 0 Å². The van der Waals surface area contributed by atoms with Crippen molar-refractivity contribution in [1.82, 2.24) is 25.3 Å². The van der Waals surface area contributed by atoms with Crippen LogP contribution in [0.2, 0.25) is 0 Å². The third kappa shape index (κ3) is 4.60. The average Bonchev–Trinajstić information content (AvgIpc) is 3.17. The van der Waals surface area contributed by atoms with Crippen molar-refractivity contribution in [1.29, 1.82) is 0 Å². The number of benzene rings is 1. The molecular weight excluding hydrogens is 346 g/mol. The van der Waals surface area contributed by atoms with Gasteiger partial charge in [-0.25, -0.2) is 4.68 Å². The van der Waals surface area contributed by atoms with E-state index in [1.165, 1.54) is 0 Å². The maximum absolute atomic E-state index is 12.4. The molecule has 140 valence electrons. The number of rotatable bonds is 8. The molecule has 3 aromatic rings. The summed E-state index contributed by atoms with van der Waals surface area (Å²) in [6.07, 6.45) is 5.13. The lowest BCUT2D eigenvalue weighted by Crippen LogP contribution is -2.23.